The second-order valence-electron chi connectivity index (χ2n) is 2.35. The van der Waals surface area contributed by atoms with Crippen molar-refractivity contribution in [3.63, 3.8) is 0 Å². The van der Waals surface area contributed by atoms with Gasteiger partial charge in [-0.1, -0.05) is 0 Å². The number of pyridine rings is 1. The van der Waals surface area contributed by atoms with Crippen LogP contribution in [0.15, 0.2) is 22.0 Å². The molecular formula is C6H4ClF2NO3S. The van der Waals surface area contributed by atoms with Crippen LogP contribution in [0.25, 0.3) is 0 Å². The quantitative estimate of drug-likeness (QED) is 0.795. The summed E-state index contributed by atoms with van der Waals surface area (Å²) in [7, 11) is 0.484. The first-order valence-corrected chi connectivity index (χ1v) is 5.59. The Morgan fingerprint density at radius 2 is 1.93 bits per heavy atom. The summed E-state index contributed by atoms with van der Waals surface area (Å²) in [5.41, 5.74) is -1.63. The number of alkyl halides is 2. The van der Waals surface area contributed by atoms with E-state index in [-0.39, 0.29) is 0 Å². The van der Waals surface area contributed by atoms with Gasteiger partial charge < -0.3 is 4.98 Å². The molecule has 0 aliphatic heterocycles. The lowest BCUT2D eigenvalue weighted by molar-refractivity contribution is 0.147. The normalized spacial score (nSPS) is 12.0. The molecule has 0 atom stereocenters. The van der Waals surface area contributed by atoms with E-state index in [1.54, 1.807) is 4.98 Å². The molecule has 0 bridgehead atoms. The molecule has 1 rings (SSSR count). The maximum Gasteiger partial charge on any atom is 0.277 e. The second-order valence-corrected chi connectivity index (χ2v) is 4.85. The number of halogens is 3. The van der Waals surface area contributed by atoms with Crippen LogP contribution in [0.3, 0.4) is 0 Å². The van der Waals surface area contributed by atoms with Crippen LogP contribution in [-0.2, 0) is 9.05 Å². The van der Waals surface area contributed by atoms with E-state index < -0.39 is 31.6 Å². The largest absolute Gasteiger partial charge is 0.312 e. The van der Waals surface area contributed by atoms with Gasteiger partial charge in [-0.05, 0) is 6.07 Å². The highest BCUT2D eigenvalue weighted by Gasteiger charge is 2.22. The van der Waals surface area contributed by atoms with Crippen LogP contribution in [0.4, 0.5) is 8.78 Å². The number of aromatic amines is 1. The fourth-order valence-corrected chi connectivity index (χ4v) is 1.88. The van der Waals surface area contributed by atoms with E-state index in [1.807, 2.05) is 0 Å². The van der Waals surface area contributed by atoms with Gasteiger partial charge in [-0.15, -0.1) is 0 Å². The van der Waals surface area contributed by atoms with Crippen molar-refractivity contribution in [2.24, 2.45) is 0 Å². The Morgan fingerprint density at radius 3 is 2.36 bits per heavy atom. The average Bonchev–Trinajstić information content (AvgIpc) is 2.01. The van der Waals surface area contributed by atoms with E-state index in [4.69, 9.17) is 10.7 Å². The zero-order valence-corrected chi connectivity index (χ0v) is 8.07. The van der Waals surface area contributed by atoms with Gasteiger partial charge in [0, 0.05) is 16.7 Å². The maximum absolute atomic E-state index is 12.2. The number of rotatable bonds is 2. The van der Waals surface area contributed by atoms with Crippen LogP contribution in [-0.4, -0.2) is 13.4 Å². The molecule has 1 aromatic heterocycles. The highest BCUT2D eigenvalue weighted by Crippen LogP contribution is 2.25. The van der Waals surface area contributed by atoms with Gasteiger partial charge >= 0.3 is 0 Å². The van der Waals surface area contributed by atoms with E-state index in [0.29, 0.717) is 0 Å². The van der Waals surface area contributed by atoms with E-state index >= 15 is 0 Å². The minimum Gasteiger partial charge on any atom is -0.312 e. The monoisotopic (exact) mass is 243 g/mol. The summed E-state index contributed by atoms with van der Waals surface area (Å²) < 4.78 is 46.0. The van der Waals surface area contributed by atoms with Crippen molar-refractivity contribution in [3.8, 4) is 0 Å². The Kier molecular flexibility index (Phi) is 2.91. The van der Waals surface area contributed by atoms with Gasteiger partial charge in [0.2, 0.25) is 5.56 Å². The maximum atomic E-state index is 12.2. The third-order valence-electron chi connectivity index (χ3n) is 1.39. The molecule has 1 aromatic rings. The molecule has 0 saturated carbocycles. The van der Waals surface area contributed by atoms with E-state index in [0.717, 1.165) is 12.1 Å². The summed E-state index contributed by atoms with van der Waals surface area (Å²) in [5.74, 6) is 0. The number of nitrogens with one attached hydrogen (secondary N) is 1. The molecule has 1 heterocycles. The third-order valence-corrected chi connectivity index (χ3v) is 2.68. The Balaban J connectivity index is 3.54. The molecular weight excluding hydrogens is 240 g/mol. The molecule has 0 amide bonds. The minimum absolute atomic E-state index is 0.721. The van der Waals surface area contributed by atoms with Gasteiger partial charge in [0.05, 0.1) is 5.56 Å². The van der Waals surface area contributed by atoms with Crippen LogP contribution < -0.4 is 5.56 Å². The SMILES string of the molecule is O=c1ccc(C(F)F)c(S(=O)(=O)Cl)[nH]1. The third kappa shape index (κ3) is 2.30. The zero-order chi connectivity index (χ0) is 10.9. The van der Waals surface area contributed by atoms with E-state index in [2.05, 4.69) is 0 Å². The molecule has 0 aromatic carbocycles. The molecule has 0 fully saturated rings. The summed E-state index contributed by atoms with van der Waals surface area (Å²) in [6.07, 6.45) is -3.02. The first-order valence-electron chi connectivity index (χ1n) is 3.28. The lowest BCUT2D eigenvalue weighted by Gasteiger charge is -2.03. The number of aromatic nitrogens is 1. The van der Waals surface area contributed by atoms with Crippen molar-refractivity contribution >= 4 is 19.7 Å². The van der Waals surface area contributed by atoms with Crippen molar-refractivity contribution in [3.05, 3.63) is 28.0 Å². The van der Waals surface area contributed by atoms with Crippen molar-refractivity contribution in [1.82, 2.24) is 4.98 Å². The molecule has 0 saturated heterocycles. The summed E-state index contributed by atoms with van der Waals surface area (Å²) in [6.45, 7) is 0. The number of hydrogen-bond donors (Lipinski definition) is 1. The first kappa shape index (κ1) is 11.1. The van der Waals surface area contributed by atoms with Crippen molar-refractivity contribution in [1.29, 1.82) is 0 Å². The zero-order valence-electron chi connectivity index (χ0n) is 6.50. The molecule has 14 heavy (non-hydrogen) atoms. The van der Waals surface area contributed by atoms with Gasteiger partial charge in [0.1, 0.15) is 0 Å². The van der Waals surface area contributed by atoms with Crippen LogP contribution >= 0.6 is 10.7 Å². The van der Waals surface area contributed by atoms with Crippen LogP contribution in [0.5, 0.6) is 0 Å². The molecule has 8 heteroatoms. The minimum atomic E-state index is -4.36. The summed E-state index contributed by atoms with van der Waals surface area (Å²) in [6, 6.07) is 1.52. The number of hydrogen-bond acceptors (Lipinski definition) is 3. The standard InChI is InChI=1S/C6H4ClF2NO3S/c7-14(12,13)6-3(5(8)9)1-2-4(11)10-6/h1-2,5H,(H,10,11). The van der Waals surface area contributed by atoms with Gasteiger partial charge in [0.15, 0.2) is 5.03 Å². The molecule has 0 aliphatic rings. The van der Waals surface area contributed by atoms with E-state index in [1.165, 1.54) is 0 Å². The summed E-state index contributed by atoms with van der Waals surface area (Å²) in [5, 5.41) is -0.957. The van der Waals surface area contributed by atoms with E-state index in [9.17, 15) is 22.0 Å². The Morgan fingerprint density at radius 1 is 1.36 bits per heavy atom. The van der Waals surface area contributed by atoms with Gasteiger partial charge in [-0.25, -0.2) is 17.2 Å². The molecule has 78 valence electrons. The fraction of sp³-hybridized carbons (Fsp3) is 0.167. The van der Waals surface area contributed by atoms with Crippen LogP contribution in [0.2, 0.25) is 0 Å². The van der Waals surface area contributed by atoms with Crippen molar-refractivity contribution < 1.29 is 17.2 Å². The summed E-state index contributed by atoms with van der Waals surface area (Å²) in [4.78, 5) is 12.4. The predicted octanol–water partition coefficient (Wildman–Crippen LogP) is 1.24. The lowest BCUT2D eigenvalue weighted by atomic mass is 10.3. The fourth-order valence-electron chi connectivity index (χ4n) is 0.840. The molecule has 0 radical (unpaired) electrons. The summed E-state index contributed by atoms with van der Waals surface area (Å²) >= 11 is 0. The highest BCUT2D eigenvalue weighted by atomic mass is 35.7. The van der Waals surface area contributed by atoms with Crippen LogP contribution in [0.1, 0.15) is 12.0 Å². The smallest absolute Gasteiger partial charge is 0.277 e. The lowest BCUT2D eigenvalue weighted by Crippen LogP contribution is -2.12. The molecule has 0 unspecified atom stereocenters. The predicted molar refractivity (Wildman–Crippen MR) is 45.1 cm³/mol. The Labute approximate surface area is 81.9 Å². The topological polar surface area (TPSA) is 67.0 Å². The molecule has 0 aliphatic carbocycles. The molecule has 0 spiro atoms. The van der Waals surface area contributed by atoms with Gasteiger partial charge in [-0.2, -0.15) is 0 Å². The average molecular weight is 244 g/mol. The Hall–Kier alpha value is -0.950. The van der Waals surface area contributed by atoms with Crippen LogP contribution in [0, 0.1) is 0 Å². The second kappa shape index (κ2) is 3.66. The van der Waals surface area contributed by atoms with Gasteiger partial charge in [-0.3, -0.25) is 4.79 Å². The first-order chi connectivity index (χ1) is 6.32. The Bertz CT molecular complexity index is 496. The number of H-pyrrole nitrogens is 1. The molecule has 1 N–H and O–H groups in total. The van der Waals surface area contributed by atoms with Crippen molar-refractivity contribution in [2.75, 3.05) is 0 Å². The molecule has 4 nitrogen and oxygen atoms in total. The highest BCUT2D eigenvalue weighted by molar-refractivity contribution is 8.13. The van der Waals surface area contributed by atoms with Crippen molar-refractivity contribution in [2.45, 2.75) is 11.5 Å². The van der Waals surface area contributed by atoms with Gasteiger partial charge in [0.25, 0.3) is 15.5 Å².